The third-order valence-electron chi connectivity index (χ3n) is 4.04. The van der Waals surface area contributed by atoms with Crippen LogP contribution in [0, 0.1) is 5.41 Å². The Hall–Kier alpha value is -1.39. The molecule has 0 bridgehead atoms. The van der Waals surface area contributed by atoms with Crippen LogP contribution < -0.4 is 11.1 Å². The smallest absolute Gasteiger partial charge is 0.224 e. The first-order chi connectivity index (χ1) is 9.61. The molecule has 0 unspecified atom stereocenters. The minimum absolute atomic E-state index is 0.0817. The van der Waals surface area contributed by atoms with Crippen molar-refractivity contribution in [1.29, 1.82) is 0 Å². The van der Waals surface area contributed by atoms with Crippen molar-refractivity contribution in [3.05, 3.63) is 35.4 Å². The van der Waals surface area contributed by atoms with E-state index in [-0.39, 0.29) is 11.3 Å². The Morgan fingerprint density at radius 2 is 1.85 bits per heavy atom. The van der Waals surface area contributed by atoms with E-state index in [1.165, 1.54) is 0 Å². The van der Waals surface area contributed by atoms with E-state index in [0.29, 0.717) is 13.0 Å². The van der Waals surface area contributed by atoms with Crippen molar-refractivity contribution in [1.82, 2.24) is 5.32 Å². The van der Waals surface area contributed by atoms with Crippen LogP contribution in [0.1, 0.15) is 30.9 Å². The van der Waals surface area contributed by atoms with Gasteiger partial charge in [0.15, 0.2) is 0 Å². The molecule has 2 rings (SSSR count). The molecule has 0 aromatic heterocycles. The molecule has 20 heavy (non-hydrogen) atoms. The Kier molecular flexibility index (Phi) is 5.15. The van der Waals surface area contributed by atoms with Gasteiger partial charge in [-0.3, -0.25) is 4.79 Å². The lowest BCUT2D eigenvalue weighted by Gasteiger charge is -2.33. The summed E-state index contributed by atoms with van der Waals surface area (Å²) in [7, 11) is 0. The molecule has 0 spiro atoms. The van der Waals surface area contributed by atoms with Crippen LogP contribution in [0.3, 0.4) is 0 Å². The largest absolute Gasteiger partial charge is 0.381 e. The van der Waals surface area contributed by atoms with Gasteiger partial charge in [-0.05, 0) is 29.4 Å². The van der Waals surface area contributed by atoms with E-state index in [2.05, 4.69) is 12.2 Å². The maximum atomic E-state index is 12.0. The molecule has 4 heteroatoms. The van der Waals surface area contributed by atoms with Crippen LogP contribution in [0.5, 0.6) is 0 Å². The van der Waals surface area contributed by atoms with Crippen LogP contribution in [-0.2, 0) is 22.5 Å². The van der Waals surface area contributed by atoms with Gasteiger partial charge in [-0.1, -0.05) is 31.2 Å². The summed E-state index contributed by atoms with van der Waals surface area (Å²) < 4.78 is 5.37. The summed E-state index contributed by atoms with van der Waals surface area (Å²) in [4.78, 5) is 12.0. The highest BCUT2D eigenvalue weighted by molar-refractivity contribution is 5.78. The van der Waals surface area contributed by atoms with Crippen LogP contribution in [0.2, 0.25) is 0 Å². The van der Waals surface area contributed by atoms with Crippen molar-refractivity contribution >= 4 is 5.91 Å². The van der Waals surface area contributed by atoms with Crippen LogP contribution in [-0.4, -0.2) is 25.7 Å². The lowest BCUT2D eigenvalue weighted by molar-refractivity contribution is -0.121. The molecular weight excluding hydrogens is 252 g/mol. The number of rotatable bonds is 5. The van der Waals surface area contributed by atoms with Gasteiger partial charge in [0.05, 0.1) is 6.42 Å². The van der Waals surface area contributed by atoms with Crippen LogP contribution in [0.4, 0.5) is 0 Å². The molecule has 0 saturated carbocycles. The second-order valence-corrected chi connectivity index (χ2v) is 5.90. The minimum atomic E-state index is 0.0817. The number of nitrogens with two attached hydrogens (primary N) is 1. The van der Waals surface area contributed by atoms with E-state index >= 15 is 0 Å². The third-order valence-corrected chi connectivity index (χ3v) is 4.04. The topological polar surface area (TPSA) is 64.4 Å². The summed E-state index contributed by atoms with van der Waals surface area (Å²) in [6, 6.07) is 7.89. The normalized spacial score (nSPS) is 17.7. The molecule has 1 aromatic carbocycles. The first-order valence-electron chi connectivity index (χ1n) is 7.24. The molecule has 4 nitrogen and oxygen atoms in total. The number of nitrogens with one attached hydrogen (secondary N) is 1. The third kappa shape index (κ3) is 4.32. The fourth-order valence-corrected chi connectivity index (χ4v) is 2.39. The number of hydrogen-bond donors (Lipinski definition) is 2. The second-order valence-electron chi connectivity index (χ2n) is 5.90. The van der Waals surface area contributed by atoms with Gasteiger partial charge in [-0.25, -0.2) is 0 Å². The summed E-state index contributed by atoms with van der Waals surface area (Å²) >= 11 is 0. The predicted octanol–water partition coefficient (Wildman–Crippen LogP) is 1.62. The van der Waals surface area contributed by atoms with Gasteiger partial charge in [0.2, 0.25) is 5.91 Å². The van der Waals surface area contributed by atoms with E-state index < -0.39 is 0 Å². The molecule has 1 aliphatic rings. The zero-order chi connectivity index (χ0) is 14.4. The van der Waals surface area contributed by atoms with Crippen molar-refractivity contribution in [2.24, 2.45) is 11.1 Å². The maximum Gasteiger partial charge on any atom is 0.224 e. The highest BCUT2D eigenvalue weighted by Crippen LogP contribution is 2.28. The van der Waals surface area contributed by atoms with Crippen molar-refractivity contribution in [2.75, 3.05) is 19.8 Å². The molecule has 3 N–H and O–H groups in total. The molecule has 1 fully saturated rings. The van der Waals surface area contributed by atoms with E-state index in [9.17, 15) is 4.79 Å². The highest BCUT2D eigenvalue weighted by Gasteiger charge is 2.27. The summed E-state index contributed by atoms with van der Waals surface area (Å²) in [6.07, 6.45) is 2.45. The molecule has 110 valence electrons. The molecule has 0 atom stereocenters. The van der Waals surface area contributed by atoms with Crippen molar-refractivity contribution < 1.29 is 9.53 Å². The predicted molar refractivity (Wildman–Crippen MR) is 79.2 cm³/mol. The highest BCUT2D eigenvalue weighted by atomic mass is 16.5. The van der Waals surface area contributed by atoms with Gasteiger partial charge >= 0.3 is 0 Å². The lowest BCUT2D eigenvalue weighted by atomic mass is 9.82. The maximum absolute atomic E-state index is 12.0. The number of carbonyl (C=O) groups excluding carboxylic acids is 1. The first-order valence-corrected chi connectivity index (χ1v) is 7.24. The van der Waals surface area contributed by atoms with Crippen LogP contribution >= 0.6 is 0 Å². The number of amides is 1. The Labute approximate surface area is 120 Å². The number of ether oxygens (including phenoxy) is 1. The number of hydrogen-bond acceptors (Lipinski definition) is 3. The average molecular weight is 276 g/mol. The molecule has 1 amide bonds. The average Bonchev–Trinajstić information content (AvgIpc) is 2.47. The first kappa shape index (κ1) is 15.0. The Morgan fingerprint density at radius 1 is 1.25 bits per heavy atom. The zero-order valence-electron chi connectivity index (χ0n) is 12.2. The second kappa shape index (κ2) is 6.86. The summed E-state index contributed by atoms with van der Waals surface area (Å²) in [5.74, 6) is 0.0817. The monoisotopic (exact) mass is 276 g/mol. The summed E-state index contributed by atoms with van der Waals surface area (Å²) in [5.41, 5.74) is 7.85. The van der Waals surface area contributed by atoms with Gasteiger partial charge in [0.25, 0.3) is 0 Å². The van der Waals surface area contributed by atoms with Crippen molar-refractivity contribution in [2.45, 2.75) is 32.7 Å². The lowest BCUT2D eigenvalue weighted by Crippen LogP contribution is -2.39. The zero-order valence-corrected chi connectivity index (χ0v) is 12.2. The van der Waals surface area contributed by atoms with Crippen LogP contribution in [0.15, 0.2) is 24.3 Å². The Bertz CT molecular complexity index is 436. The Balaban J connectivity index is 1.79. The molecule has 0 radical (unpaired) electrons. The van der Waals surface area contributed by atoms with Crippen molar-refractivity contribution in [3.63, 3.8) is 0 Å². The SMILES string of the molecule is CC1(CNC(=O)Cc2ccc(CN)cc2)CCOCC1. The fraction of sp³-hybridized carbons (Fsp3) is 0.562. The summed E-state index contributed by atoms with van der Waals surface area (Å²) in [5, 5.41) is 3.05. The molecule has 1 heterocycles. The van der Waals surface area contributed by atoms with E-state index in [1.54, 1.807) is 0 Å². The molecule has 1 aliphatic heterocycles. The number of carbonyl (C=O) groups is 1. The van der Waals surface area contributed by atoms with Gasteiger partial charge in [0.1, 0.15) is 0 Å². The standard InChI is InChI=1S/C16H24N2O2/c1-16(6-8-20-9-7-16)12-18-15(19)10-13-2-4-14(11-17)5-3-13/h2-5H,6-12,17H2,1H3,(H,18,19). The van der Waals surface area contributed by atoms with E-state index in [1.807, 2.05) is 24.3 Å². The van der Waals surface area contributed by atoms with Gasteiger partial charge in [-0.2, -0.15) is 0 Å². The quantitative estimate of drug-likeness (QED) is 0.859. The Morgan fingerprint density at radius 3 is 2.45 bits per heavy atom. The van der Waals surface area contributed by atoms with Crippen LogP contribution in [0.25, 0.3) is 0 Å². The molecular formula is C16H24N2O2. The fourth-order valence-electron chi connectivity index (χ4n) is 2.39. The molecule has 0 aliphatic carbocycles. The van der Waals surface area contributed by atoms with Gasteiger partial charge in [0, 0.05) is 26.3 Å². The number of benzene rings is 1. The molecule has 1 saturated heterocycles. The van der Waals surface area contributed by atoms with E-state index in [4.69, 9.17) is 10.5 Å². The molecule has 1 aromatic rings. The van der Waals surface area contributed by atoms with Gasteiger partial charge < -0.3 is 15.8 Å². The van der Waals surface area contributed by atoms with Gasteiger partial charge in [-0.15, -0.1) is 0 Å². The summed E-state index contributed by atoms with van der Waals surface area (Å²) in [6.45, 7) is 5.08. The minimum Gasteiger partial charge on any atom is -0.381 e. The van der Waals surface area contributed by atoms with E-state index in [0.717, 1.165) is 43.7 Å². The van der Waals surface area contributed by atoms with Crippen molar-refractivity contribution in [3.8, 4) is 0 Å².